The predicted molar refractivity (Wildman–Crippen MR) is 91.5 cm³/mol. The molecule has 1 heterocycles. The van der Waals surface area contributed by atoms with E-state index in [1.54, 1.807) is 6.07 Å². The van der Waals surface area contributed by atoms with E-state index in [-0.39, 0.29) is 23.1 Å². The minimum Gasteiger partial charge on any atom is -0.373 e. The molecule has 130 valence electrons. The summed E-state index contributed by atoms with van der Waals surface area (Å²) in [4.78, 5) is 24.6. The Morgan fingerprint density at radius 2 is 2.08 bits per heavy atom. The summed E-state index contributed by atoms with van der Waals surface area (Å²) >= 11 is 0. The Labute approximate surface area is 142 Å². The molecular weight excluding hydrogens is 304 g/mol. The number of carbonyl (C=O) groups is 2. The number of nitrogens with one attached hydrogen (secondary N) is 2. The van der Waals surface area contributed by atoms with Gasteiger partial charge >= 0.3 is 0 Å². The van der Waals surface area contributed by atoms with Gasteiger partial charge in [-0.2, -0.15) is 0 Å². The van der Waals surface area contributed by atoms with Crippen LogP contribution in [0.1, 0.15) is 54.6 Å². The summed E-state index contributed by atoms with van der Waals surface area (Å²) in [5.74, 6) is -0.104. The van der Waals surface area contributed by atoms with Crippen LogP contribution in [0.2, 0.25) is 0 Å². The summed E-state index contributed by atoms with van der Waals surface area (Å²) in [5.41, 5.74) is 2.62. The highest BCUT2D eigenvalue weighted by Gasteiger charge is 2.42. The molecule has 0 saturated carbocycles. The molecule has 1 aromatic carbocycles. The normalized spacial score (nSPS) is 24.4. The van der Waals surface area contributed by atoms with E-state index in [1.807, 2.05) is 26.0 Å². The van der Waals surface area contributed by atoms with Gasteiger partial charge in [0.1, 0.15) is 6.23 Å². The summed E-state index contributed by atoms with van der Waals surface area (Å²) in [7, 11) is 0. The first kappa shape index (κ1) is 17.0. The van der Waals surface area contributed by atoms with Crippen molar-refractivity contribution < 1.29 is 14.7 Å². The molecule has 0 bridgehead atoms. The van der Waals surface area contributed by atoms with Crippen LogP contribution in [0.15, 0.2) is 18.2 Å². The van der Waals surface area contributed by atoms with Crippen molar-refractivity contribution in [3.8, 4) is 0 Å². The van der Waals surface area contributed by atoms with E-state index >= 15 is 0 Å². The molecule has 1 unspecified atom stereocenters. The highest BCUT2D eigenvalue weighted by atomic mass is 16.3. The molecule has 1 spiro atoms. The van der Waals surface area contributed by atoms with Crippen LogP contribution in [0, 0.1) is 11.3 Å². The number of carbonyl (C=O) groups excluding carboxylic acids is 2. The lowest BCUT2D eigenvalue weighted by Crippen LogP contribution is -2.48. The molecular formula is C19H26N2O3. The molecule has 1 aliphatic carbocycles. The van der Waals surface area contributed by atoms with Gasteiger partial charge < -0.3 is 15.7 Å². The van der Waals surface area contributed by atoms with Crippen LogP contribution >= 0.6 is 0 Å². The molecule has 0 aromatic heterocycles. The summed E-state index contributed by atoms with van der Waals surface area (Å²) in [6.45, 7) is 4.49. The zero-order valence-corrected chi connectivity index (χ0v) is 14.4. The zero-order chi connectivity index (χ0) is 17.3. The molecule has 5 heteroatoms. The highest BCUT2D eigenvalue weighted by molar-refractivity contribution is 5.94. The number of amides is 2. The van der Waals surface area contributed by atoms with E-state index in [4.69, 9.17) is 0 Å². The van der Waals surface area contributed by atoms with Gasteiger partial charge in [-0.05, 0) is 61.3 Å². The number of hydrogen-bond donors (Lipinski definition) is 3. The van der Waals surface area contributed by atoms with Crippen LogP contribution in [0.5, 0.6) is 0 Å². The Bertz CT molecular complexity index is 656. The Balaban J connectivity index is 1.76. The number of rotatable bonds is 3. The average Bonchev–Trinajstić information content (AvgIpc) is 2.57. The van der Waals surface area contributed by atoms with Crippen molar-refractivity contribution in [3.63, 3.8) is 0 Å². The second-order valence-electron chi connectivity index (χ2n) is 7.46. The summed E-state index contributed by atoms with van der Waals surface area (Å²) in [6.07, 6.45) is 3.55. The first-order chi connectivity index (χ1) is 11.4. The number of aliphatic hydroxyl groups is 1. The summed E-state index contributed by atoms with van der Waals surface area (Å²) < 4.78 is 0. The van der Waals surface area contributed by atoms with Gasteiger partial charge in [-0.3, -0.25) is 9.59 Å². The van der Waals surface area contributed by atoms with Gasteiger partial charge in [0.15, 0.2) is 0 Å². The number of aryl methyl sites for hydroxylation is 1. The SMILES string of the molecule is CC(C)[C@H](O)NC(=O)c1ccc2c(c1)CCC1(CCCNC1=O)C2. The fourth-order valence-electron chi connectivity index (χ4n) is 3.72. The fraction of sp³-hybridized carbons (Fsp3) is 0.579. The number of fused-ring (bicyclic) bond motifs is 1. The Kier molecular flexibility index (Phi) is 4.63. The van der Waals surface area contributed by atoms with E-state index in [0.29, 0.717) is 5.56 Å². The minimum absolute atomic E-state index is 0.0313. The van der Waals surface area contributed by atoms with Gasteiger partial charge in [-0.25, -0.2) is 0 Å². The topological polar surface area (TPSA) is 78.4 Å². The van der Waals surface area contributed by atoms with Gasteiger partial charge in [-0.1, -0.05) is 19.9 Å². The fourth-order valence-corrected chi connectivity index (χ4v) is 3.72. The Morgan fingerprint density at radius 1 is 1.29 bits per heavy atom. The van der Waals surface area contributed by atoms with Crippen molar-refractivity contribution in [2.45, 2.75) is 52.2 Å². The van der Waals surface area contributed by atoms with Gasteiger partial charge in [0, 0.05) is 12.1 Å². The lowest BCUT2D eigenvalue weighted by atomic mass is 9.67. The third kappa shape index (κ3) is 3.18. The Morgan fingerprint density at radius 3 is 2.79 bits per heavy atom. The van der Waals surface area contributed by atoms with Crippen molar-refractivity contribution >= 4 is 11.8 Å². The molecule has 1 aromatic rings. The number of hydrogen-bond acceptors (Lipinski definition) is 3. The smallest absolute Gasteiger partial charge is 0.253 e. The molecule has 24 heavy (non-hydrogen) atoms. The number of benzene rings is 1. The number of piperidine rings is 1. The summed E-state index contributed by atoms with van der Waals surface area (Å²) in [5, 5.41) is 15.4. The quantitative estimate of drug-likeness (QED) is 0.739. The van der Waals surface area contributed by atoms with Crippen LogP contribution in [-0.4, -0.2) is 29.7 Å². The van der Waals surface area contributed by atoms with Crippen molar-refractivity contribution in [3.05, 3.63) is 34.9 Å². The molecule has 1 saturated heterocycles. The van der Waals surface area contributed by atoms with E-state index in [9.17, 15) is 14.7 Å². The van der Waals surface area contributed by atoms with Gasteiger partial charge in [0.2, 0.25) is 5.91 Å². The van der Waals surface area contributed by atoms with Crippen molar-refractivity contribution in [1.82, 2.24) is 10.6 Å². The van der Waals surface area contributed by atoms with Crippen LogP contribution in [0.25, 0.3) is 0 Å². The van der Waals surface area contributed by atoms with Gasteiger partial charge in [0.05, 0.1) is 5.41 Å². The molecule has 2 aliphatic rings. The highest BCUT2D eigenvalue weighted by Crippen LogP contribution is 2.41. The van der Waals surface area contributed by atoms with Gasteiger partial charge in [-0.15, -0.1) is 0 Å². The van der Waals surface area contributed by atoms with Crippen molar-refractivity contribution in [2.24, 2.45) is 11.3 Å². The van der Waals surface area contributed by atoms with E-state index in [0.717, 1.165) is 44.2 Å². The lowest BCUT2D eigenvalue weighted by molar-refractivity contribution is -0.134. The molecule has 5 nitrogen and oxygen atoms in total. The zero-order valence-electron chi connectivity index (χ0n) is 14.4. The maximum Gasteiger partial charge on any atom is 0.253 e. The van der Waals surface area contributed by atoms with Crippen LogP contribution in [0.3, 0.4) is 0 Å². The molecule has 2 amide bonds. The van der Waals surface area contributed by atoms with Gasteiger partial charge in [0.25, 0.3) is 5.91 Å². The van der Waals surface area contributed by atoms with Crippen molar-refractivity contribution in [2.75, 3.05) is 6.54 Å². The van der Waals surface area contributed by atoms with E-state index < -0.39 is 6.23 Å². The Hall–Kier alpha value is -1.88. The van der Waals surface area contributed by atoms with E-state index in [1.165, 1.54) is 5.56 Å². The monoisotopic (exact) mass is 330 g/mol. The molecule has 2 atom stereocenters. The maximum absolute atomic E-state index is 12.3. The number of aliphatic hydroxyl groups excluding tert-OH is 1. The first-order valence-corrected chi connectivity index (χ1v) is 8.80. The van der Waals surface area contributed by atoms with Crippen LogP contribution in [-0.2, 0) is 17.6 Å². The van der Waals surface area contributed by atoms with Crippen molar-refractivity contribution in [1.29, 1.82) is 0 Å². The van der Waals surface area contributed by atoms with Crippen LogP contribution in [0.4, 0.5) is 0 Å². The third-order valence-corrected chi connectivity index (χ3v) is 5.38. The second kappa shape index (κ2) is 6.55. The summed E-state index contributed by atoms with van der Waals surface area (Å²) in [6, 6.07) is 5.67. The lowest BCUT2D eigenvalue weighted by Gasteiger charge is -2.40. The standard InChI is InChI=1S/C19H26N2O3/c1-12(2)16(22)21-17(23)14-4-5-15-11-19(8-6-13(15)10-14)7-3-9-20-18(19)24/h4-5,10,12,16,22H,3,6-9,11H2,1-2H3,(H,20,24)(H,21,23)/t16-,19?/m0/s1. The largest absolute Gasteiger partial charge is 0.373 e. The predicted octanol–water partition coefficient (Wildman–Crippen LogP) is 1.78. The minimum atomic E-state index is -0.845. The van der Waals surface area contributed by atoms with Crippen LogP contribution < -0.4 is 10.6 Å². The third-order valence-electron chi connectivity index (χ3n) is 5.38. The first-order valence-electron chi connectivity index (χ1n) is 8.80. The average molecular weight is 330 g/mol. The maximum atomic E-state index is 12.3. The second-order valence-corrected chi connectivity index (χ2v) is 7.46. The molecule has 3 rings (SSSR count). The molecule has 1 aliphatic heterocycles. The molecule has 0 radical (unpaired) electrons. The molecule has 3 N–H and O–H groups in total. The molecule has 1 fully saturated rings. The van der Waals surface area contributed by atoms with E-state index in [2.05, 4.69) is 10.6 Å².